The number of benzene rings is 1. The summed E-state index contributed by atoms with van der Waals surface area (Å²) >= 11 is 0. The first-order chi connectivity index (χ1) is 15.7. The Labute approximate surface area is 200 Å². The summed E-state index contributed by atoms with van der Waals surface area (Å²) in [6, 6.07) is 10.6. The largest absolute Gasteiger partial charge is 0.354 e. The van der Waals surface area contributed by atoms with Crippen LogP contribution in [0.15, 0.2) is 30.3 Å². The molecule has 180 valence electrons. The fourth-order valence-electron chi connectivity index (χ4n) is 5.10. The Morgan fingerprint density at radius 2 is 1.79 bits per heavy atom. The van der Waals surface area contributed by atoms with Crippen molar-refractivity contribution in [1.82, 2.24) is 14.9 Å². The molecule has 3 rings (SSSR count). The first-order valence-corrected chi connectivity index (χ1v) is 12.6. The normalized spacial score (nSPS) is 15.9. The number of carbonyl (C=O) groups is 1. The van der Waals surface area contributed by atoms with Gasteiger partial charge in [-0.3, -0.25) is 4.79 Å². The van der Waals surface area contributed by atoms with Crippen LogP contribution in [0.5, 0.6) is 0 Å². The Balaban J connectivity index is 1.75. The average Bonchev–Trinajstić information content (AvgIpc) is 3.00. The molecule has 0 spiro atoms. The molecule has 33 heavy (non-hydrogen) atoms. The molecular formula is C28H42N4O. The van der Waals surface area contributed by atoms with Gasteiger partial charge in [-0.2, -0.15) is 0 Å². The van der Waals surface area contributed by atoms with Crippen LogP contribution in [0.2, 0.25) is 0 Å². The van der Waals surface area contributed by atoms with E-state index in [1.54, 1.807) is 0 Å². The molecule has 0 saturated carbocycles. The molecule has 1 aromatic heterocycles. The van der Waals surface area contributed by atoms with E-state index in [1.165, 1.54) is 11.1 Å². The van der Waals surface area contributed by atoms with Gasteiger partial charge in [-0.15, -0.1) is 0 Å². The molecule has 2 heterocycles. The maximum Gasteiger partial charge on any atom is 0.222 e. The molecule has 0 bridgehead atoms. The number of rotatable bonds is 7. The Kier molecular flexibility index (Phi) is 8.50. The van der Waals surface area contributed by atoms with Gasteiger partial charge in [0.05, 0.1) is 0 Å². The Morgan fingerprint density at radius 1 is 1.06 bits per heavy atom. The second kappa shape index (κ2) is 11.1. The van der Waals surface area contributed by atoms with Crippen LogP contribution in [0.4, 0.5) is 5.82 Å². The van der Waals surface area contributed by atoms with E-state index in [0.717, 1.165) is 69.2 Å². The smallest absolute Gasteiger partial charge is 0.222 e. The van der Waals surface area contributed by atoms with Crippen molar-refractivity contribution < 1.29 is 4.79 Å². The number of amides is 1. The van der Waals surface area contributed by atoms with E-state index in [2.05, 4.69) is 74.8 Å². The van der Waals surface area contributed by atoms with Gasteiger partial charge in [0.2, 0.25) is 5.91 Å². The van der Waals surface area contributed by atoms with Crippen molar-refractivity contribution in [2.45, 2.75) is 73.6 Å². The maximum atomic E-state index is 13.0. The molecule has 1 aromatic carbocycles. The maximum absolute atomic E-state index is 13.0. The van der Waals surface area contributed by atoms with Crippen molar-refractivity contribution in [3.8, 4) is 0 Å². The molecule has 0 N–H and O–H groups in total. The monoisotopic (exact) mass is 450 g/mol. The molecule has 1 aliphatic heterocycles. The molecule has 0 aliphatic carbocycles. The van der Waals surface area contributed by atoms with E-state index in [9.17, 15) is 4.79 Å². The number of anilines is 1. The van der Waals surface area contributed by atoms with Gasteiger partial charge in [0.15, 0.2) is 0 Å². The van der Waals surface area contributed by atoms with Gasteiger partial charge in [-0.1, -0.05) is 65.0 Å². The van der Waals surface area contributed by atoms with E-state index in [4.69, 9.17) is 9.97 Å². The molecule has 0 radical (unpaired) electrons. The van der Waals surface area contributed by atoms with Crippen molar-refractivity contribution in [1.29, 1.82) is 0 Å². The van der Waals surface area contributed by atoms with Crippen LogP contribution < -0.4 is 4.90 Å². The molecule has 0 unspecified atom stereocenters. The van der Waals surface area contributed by atoms with Crippen LogP contribution in [0, 0.1) is 18.3 Å². The van der Waals surface area contributed by atoms with Crippen LogP contribution in [0.25, 0.3) is 0 Å². The molecule has 1 atom stereocenters. The summed E-state index contributed by atoms with van der Waals surface area (Å²) in [5.74, 6) is 2.59. The van der Waals surface area contributed by atoms with E-state index >= 15 is 0 Å². The number of carbonyl (C=O) groups excluding carboxylic acids is 1. The molecular weight excluding hydrogens is 408 g/mol. The highest BCUT2D eigenvalue weighted by Gasteiger charge is 2.25. The van der Waals surface area contributed by atoms with Crippen molar-refractivity contribution in [2.75, 3.05) is 31.1 Å². The SMILES string of the molecule is CCc1nc(C)nc(N2CCCN(C(=O)C[C@@H](C)CC(C)(C)C)CC2)c1Cc1ccccc1. The van der Waals surface area contributed by atoms with Crippen LogP contribution in [0.1, 0.15) is 76.5 Å². The zero-order valence-corrected chi connectivity index (χ0v) is 21.5. The highest BCUT2D eigenvalue weighted by molar-refractivity contribution is 5.76. The van der Waals surface area contributed by atoms with Crippen molar-refractivity contribution in [2.24, 2.45) is 11.3 Å². The first-order valence-electron chi connectivity index (χ1n) is 12.6. The average molecular weight is 451 g/mol. The summed E-state index contributed by atoms with van der Waals surface area (Å²) in [6.45, 7) is 16.4. The van der Waals surface area contributed by atoms with Crippen molar-refractivity contribution in [3.63, 3.8) is 0 Å². The summed E-state index contributed by atoms with van der Waals surface area (Å²) < 4.78 is 0. The molecule has 1 saturated heterocycles. The molecule has 5 nitrogen and oxygen atoms in total. The molecule has 5 heteroatoms. The second-order valence-corrected chi connectivity index (χ2v) is 10.8. The molecule has 1 amide bonds. The lowest BCUT2D eigenvalue weighted by molar-refractivity contribution is -0.132. The zero-order chi connectivity index (χ0) is 24.0. The minimum Gasteiger partial charge on any atom is -0.354 e. The van der Waals surface area contributed by atoms with Gasteiger partial charge in [-0.25, -0.2) is 9.97 Å². The minimum absolute atomic E-state index is 0.256. The fourth-order valence-corrected chi connectivity index (χ4v) is 5.10. The molecule has 2 aromatic rings. The number of hydrogen-bond donors (Lipinski definition) is 0. The van der Waals surface area contributed by atoms with Gasteiger partial charge in [0.1, 0.15) is 11.6 Å². The van der Waals surface area contributed by atoms with Gasteiger partial charge >= 0.3 is 0 Å². The number of hydrogen-bond acceptors (Lipinski definition) is 4. The van der Waals surface area contributed by atoms with E-state index in [1.807, 2.05) is 6.92 Å². The highest BCUT2D eigenvalue weighted by atomic mass is 16.2. The van der Waals surface area contributed by atoms with E-state index < -0.39 is 0 Å². The Hall–Kier alpha value is -2.43. The number of aromatic nitrogens is 2. The lowest BCUT2D eigenvalue weighted by Crippen LogP contribution is -2.36. The van der Waals surface area contributed by atoms with Gasteiger partial charge in [-0.05, 0) is 43.1 Å². The topological polar surface area (TPSA) is 49.3 Å². The van der Waals surface area contributed by atoms with Crippen molar-refractivity contribution >= 4 is 11.7 Å². The minimum atomic E-state index is 0.256. The third-order valence-corrected chi connectivity index (χ3v) is 6.37. The number of aryl methyl sites for hydroxylation is 2. The van der Waals surface area contributed by atoms with Crippen LogP contribution in [-0.2, 0) is 17.6 Å². The third-order valence-electron chi connectivity index (χ3n) is 6.37. The fraction of sp³-hybridized carbons (Fsp3) is 0.607. The van der Waals surface area contributed by atoms with Gasteiger partial charge in [0, 0.05) is 50.3 Å². The van der Waals surface area contributed by atoms with Gasteiger partial charge < -0.3 is 9.80 Å². The summed E-state index contributed by atoms with van der Waals surface area (Å²) in [5.41, 5.74) is 3.90. The molecule has 1 fully saturated rings. The van der Waals surface area contributed by atoms with Crippen molar-refractivity contribution in [3.05, 3.63) is 53.0 Å². The number of nitrogens with zero attached hydrogens (tertiary/aromatic N) is 4. The lowest BCUT2D eigenvalue weighted by Gasteiger charge is -2.27. The van der Waals surface area contributed by atoms with E-state index in [-0.39, 0.29) is 5.41 Å². The third kappa shape index (κ3) is 7.28. The second-order valence-electron chi connectivity index (χ2n) is 10.8. The lowest BCUT2D eigenvalue weighted by atomic mass is 9.84. The molecule has 1 aliphatic rings. The Bertz CT molecular complexity index is 919. The van der Waals surface area contributed by atoms with Crippen LogP contribution in [-0.4, -0.2) is 47.0 Å². The summed E-state index contributed by atoms with van der Waals surface area (Å²) in [6.07, 6.45) is 4.41. The summed E-state index contributed by atoms with van der Waals surface area (Å²) in [4.78, 5) is 27.2. The predicted octanol–water partition coefficient (Wildman–Crippen LogP) is 5.44. The summed E-state index contributed by atoms with van der Waals surface area (Å²) in [5, 5.41) is 0. The van der Waals surface area contributed by atoms with Crippen LogP contribution >= 0.6 is 0 Å². The standard InChI is InChI=1S/C28H42N4O/c1-7-25-24(19-23-12-9-8-10-13-23)27(30-22(3)29-25)32-15-11-14-31(16-17-32)26(33)18-21(2)20-28(4,5)6/h8-10,12-13,21H,7,11,14-20H2,1-6H3/t21-/m1/s1. The zero-order valence-electron chi connectivity index (χ0n) is 21.5. The first kappa shape index (κ1) is 25.2. The quantitative estimate of drug-likeness (QED) is 0.564. The van der Waals surface area contributed by atoms with E-state index in [0.29, 0.717) is 18.2 Å². The summed E-state index contributed by atoms with van der Waals surface area (Å²) in [7, 11) is 0. The van der Waals surface area contributed by atoms with Crippen LogP contribution in [0.3, 0.4) is 0 Å². The predicted molar refractivity (Wildman–Crippen MR) is 137 cm³/mol. The Morgan fingerprint density at radius 3 is 2.45 bits per heavy atom. The highest BCUT2D eigenvalue weighted by Crippen LogP contribution is 2.28. The van der Waals surface area contributed by atoms with Gasteiger partial charge in [0.25, 0.3) is 0 Å².